The molecule has 0 aromatic carbocycles. The molecule has 0 saturated heterocycles. The Morgan fingerprint density at radius 1 is 1.19 bits per heavy atom. The highest BCUT2D eigenvalue weighted by Crippen LogP contribution is 1.84. The lowest BCUT2D eigenvalue weighted by Crippen LogP contribution is -2.40. The van der Waals surface area contributed by atoms with Gasteiger partial charge in [-0.3, -0.25) is 14.6 Å². The van der Waals surface area contributed by atoms with Crippen molar-refractivity contribution in [2.45, 2.75) is 13.8 Å². The van der Waals surface area contributed by atoms with Gasteiger partial charge in [-0.1, -0.05) is 12.2 Å². The molecular formula is C11H17N3O2. The number of carbonyl (C=O) groups is 2. The topological polar surface area (TPSA) is 70.6 Å². The SMILES string of the molecule is C\C=C/N=C(\C=C/C)CNC(=O)C(=O)NC. The van der Waals surface area contributed by atoms with Crippen molar-refractivity contribution < 1.29 is 9.59 Å². The molecule has 0 heterocycles. The van der Waals surface area contributed by atoms with Gasteiger partial charge >= 0.3 is 11.8 Å². The third-order valence-corrected chi connectivity index (χ3v) is 1.61. The number of hydrogen-bond donors (Lipinski definition) is 2. The molecule has 16 heavy (non-hydrogen) atoms. The van der Waals surface area contributed by atoms with E-state index < -0.39 is 11.8 Å². The minimum Gasteiger partial charge on any atom is -0.351 e. The van der Waals surface area contributed by atoms with Crippen LogP contribution < -0.4 is 10.6 Å². The molecule has 0 aliphatic carbocycles. The van der Waals surface area contributed by atoms with Crippen LogP contribution in [0, 0.1) is 0 Å². The van der Waals surface area contributed by atoms with Crippen LogP contribution in [0.25, 0.3) is 0 Å². The van der Waals surface area contributed by atoms with Crippen LogP contribution in [0.1, 0.15) is 13.8 Å². The second kappa shape index (κ2) is 8.40. The van der Waals surface area contributed by atoms with Crippen molar-refractivity contribution in [3.8, 4) is 0 Å². The Bertz CT molecular complexity index is 330. The molecule has 0 saturated carbocycles. The van der Waals surface area contributed by atoms with Gasteiger partial charge in [0.05, 0.1) is 12.3 Å². The van der Waals surface area contributed by atoms with E-state index in [9.17, 15) is 9.59 Å². The first kappa shape index (κ1) is 14.1. The van der Waals surface area contributed by atoms with E-state index >= 15 is 0 Å². The molecule has 2 N–H and O–H groups in total. The monoisotopic (exact) mass is 223 g/mol. The Morgan fingerprint density at radius 3 is 2.38 bits per heavy atom. The average Bonchev–Trinajstić information content (AvgIpc) is 2.31. The molecule has 2 amide bonds. The van der Waals surface area contributed by atoms with Crippen molar-refractivity contribution in [1.29, 1.82) is 0 Å². The lowest BCUT2D eigenvalue weighted by molar-refractivity contribution is -0.138. The third-order valence-electron chi connectivity index (χ3n) is 1.61. The maximum Gasteiger partial charge on any atom is 0.309 e. The number of hydrogen-bond acceptors (Lipinski definition) is 3. The molecule has 0 aromatic heterocycles. The van der Waals surface area contributed by atoms with Crippen molar-refractivity contribution in [2.24, 2.45) is 4.99 Å². The van der Waals surface area contributed by atoms with E-state index in [1.165, 1.54) is 7.05 Å². The minimum absolute atomic E-state index is 0.223. The van der Waals surface area contributed by atoms with E-state index in [0.717, 1.165) is 0 Å². The Hall–Kier alpha value is -1.91. The van der Waals surface area contributed by atoms with Crippen LogP contribution >= 0.6 is 0 Å². The molecule has 0 spiro atoms. The average molecular weight is 223 g/mol. The highest BCUT2D eigenvalue weighted by atomic mass is 16.2. The third kappa shape index (κ3) is 5.74. The summed E-state index contributed by atoms with van der Waals surface area (Å²) in [4.78, 5) is 26.1. The summed E-state index contributed by atoms with van der Waals surface area (Å²) in [6.45, 7) is 3.92. The lowest BCUT2D eigenvalue weighted by atomic mass is 10.3. The van der Waals surface area contributed by atoms with Crippen LogP contribution in [0.5, 0.6) is 0 Å². The molecular weight excluding hydrogens is 206 g/mol. The molecule has 0 unspecified atom stereocenters. The van der Waals surface area contributed by atoms with Crippen molar-refractivity contribution in [2.75, 3.05) is 13.6 Å². The number of rotatable bonds is 4. The second-order valence-corrected chi connectivity index (χ2v) is 2.86. The Labute approximate surface area is 95.3 Å². The van der Waals surface area contributed by atoms with Crippen LogP contribution in [0.4, 0.5) is 0 Å². The van der Waals surface area contributed by atoms with Crippen molar-refractivity contribution >= 4 is 17.5 Å². The number of allylic oxidation sites excluding steroid dienone is 2. The predicted octanol–water partition coefficient (Wildman–Crippen LogP) is 0.399. The van der Waals surface area contributed by atoms with E-state index in [0.29, 0.717) is 5.71 Å². The molecule has 0 bridgehead atoms. The number of aliphatic imine (C=N–C) groups is 1. The van der Waals surface area contributed by atoms with Gasteiger partial charge in [0.25, 0.3) is 0 Å². The van der Waals surface area contributed by atoms with Gasteiger partial charge in [-0.15, -0.1) is 0 Å². The second-order valence-electron chi connectivity index (χ2n) is 2.86. The molecule has 0 aliphatic rings. The van der Waals surface area contributed by atoms with Crippen LogP contribution in [-0.4, -0.2) is 31.1 Å². The highest BCUT2D eigenvalue weighted by Gasteiger charge is 2.10. The number of amides is 2. The summed E-state index contributed by atoms with van der Waals surface area (Å²) >= 11 is 0. The zero-order chi connectivity index (χ0) is 12.4. The fraction of sp³-hybridized carbons (Fsp3) is 0.364. The van der Waals surface area contributed by atoms with Crippen LogP contribution in [0.2, 0.25) is 0 Å². The molecule has 0 aromatic rings. The highest BCUT2D eigenvalue weighted by molar-refractivity contribution is 6.35. The van der Waals surface area contributed by atoms with Gasteiger partial charge in [0.1, 0.15) is 0 Å². The molecule has 0 atom stereocenters. The summed E-state index contributed by atoms with van der Waals surface area (Å²) in [5.41, 5.74) is 0.679. The van der Waals surface area contributed by atoms with E-state index in [-0.39, 0.29) is 6.54 Å². The maximum atomic E-state index is 11.1. The van der Waals surface area contributed by atoms with Crippen molar-refractivity contribution in [3.05, 3.63) is 24.4 Å². The summed E-state index contributed by atoms with van der Waals surface area (Å²) in [5.74, 6) is -1.33. The van der Waals surface area contributed by atoms with Gasteiger partial charge in [0.2, 0.25) is 0 Å². The predicted molar refractivity (Wildman–Crippen MR) is 64.1 cm³/mol. The Morgan fingerprint density at radius 2 is 1.88 bits per heavy atom. The maximum absolute atomic E-state index is 11.1. The van der Waals surface area contributed by atoms with Gasteiger partial charge in [-0.2, -0.15) is 0 Å². The zero-order valence-corrected chi connectivity index (χ0v) is 9.78. The molecule has 88 valence electrons. The minimum atomic E-state index is -0.666. The van der Waals surface area contributed by atoms with Gasteiger partial charge in [0, 0.05) is 13.2 Å². The van der Waals surface area contributed by atoms with Gasteiger partial charge in [-0.25, -0.2) is 0 Å². The molecule has 5 heteroatoms. The van der Waals surface area contributed by atoms with E-state index in [1.54, 1.807) is 18.4 Å². The van der Waals surface area contributed by atoms with Crippen molar-refractivity contribution in [1.82, 2.24) is 10.6 Å². The van der Waals surface area contributed by atoms with Gasteiger partial charge in [0.15, 0.2) is 0 Å². The standard InChI is InChI=1S/C11H17N3O2/c1-4-6-9(13-7-5-2)8-14-11(16)10(15)12-3/h4-7H,8H2,1-3H3,(H,12,15)(H,14,16)/b6-4-,7-5-,13-9+. The van der Waals surface area contributed by atoms with Crippen molar-refractivity contribution in [3.63, 3.8) is 0 Å². The number of likely N-dealkylation sites (N-methyl/N-ethyl adjacent to an activating group) is 1. The van der Waals surface area contributed by atoms with E-state index in [4.69, 9.17) is 0 Å². The smallest absolute Gasteiger partial charge is 0.309 e. The fourth-order valence-corrected chi connectivity index (χ4v) is 0.875. The van der Waals surface area contributed by atoms with E-state index in [1.807, 2.05) is 19.9 Å². The first-order valence-electron chi connectivity index (χ1n) is 4.96. The van der Waals surface area contributed by atoms with Crippen LogP contribution in [0.3, 0.4) is 0 Å². The van der Waals surface area contributed by atoms with Crippen LogP contribution in [0.15, 0.2) is 29.4 Å². The quantitative estimate of drug-likeness (QED) is 0.535. The number of carbonyl (C=O) groups excluding carboxylic acids is 2. The van der Waals surface area contributed by atoms with Gasteiger partial charge < -0.3 is 10.6 Å². The molecule has 5 nitrogen and oxygen atoms in total. The Balaban J connectivity index is 4.33. The lowest BCUT2D eigenvalue weighted by Gasteiger charge is -2.03. The van der Waals surface area contributed by atoms with Crippen LogP contribution in [-0.2, 0) is 9.59 Å². The summed E-state index contributed by atoms with van der Waals surface area (Å²) in [7, 11) is 1.41. The summed E-state index contributed by atoms with van der Waals surface area (Å²) in [6.07, 6.45) is 6.99. The number of nitrogens with one attached hydrogen (secondary N) is 2. The largest absolute Gasteiger partial charge is 0.351 e. The fourth-order valence-electron chi connectivity index (χ4n) is 0.875. The molecule has 0 radical (unpaired) electrons. The Kier molecular flexibility index (Phi) is 7.40. The first-order chi connectivity index (χ1) is 7.65. The van der Waals surface area contributed by atoms with Gasteiger partial charge in [-0.05, 0) is 19.9 Å². The summed E-state index contributed by atoms with van der Waals surface area (Å²) in [6, 6.07) is 0. The van der Waals surface area contributed by atoms with E-state index in [2.05, 4.69) is 15.6 Å². The first-order valence-corrected chi connectivity index (χ1v) is 4.96. The molecule has 0 fully saturated rings. The number of nitrogens with zero attached hydrogens (tertiary/aromatic N) is 1. The zero-order valence-electron chi connectivity index (χ0n) is 9.78. The summed E-state index contributed by atoms with van der Waals surface area (Å²) in [5, 5.41) is 4.70. The summed E-state index contributed by atoms with van der Waals surface area (Å²) < 4.78 is 0. The molecule has 0 rings (SSSR count). The normalized spacial score (nSPS) is 12.1. The molecule has 0 aliphatic heterocycles.